The van der Waals surface area contributed by atoms with Crippen LogP contribution < -0.4 is 10.6 Å². The van der Waals surface area contributed by atoms with Crippen LogP contribution in [0.3, 0.4) is 0 Å². The summed E-state index contributed by atoms with van der Waals surface area (Å²) in [6.45, 7) is 6.63. The molecule has 2 saturated heterocycles. The molecule has 0 atom stereocenters. The SMILES string of the molecule is O=C(NCCN1CCN(C(=O)COCC(=O)N2CCN(CCNC(=O)c3c(/C=C/c4ccc(Cl)cc4)[nH]c4cc(Br)ccc34)CC2)CC1)c1c(/C=C/c2ccc(Cl)cc2)[nH]c2cc(Br)ccc12. The van der Waals surface area contributed by atoms with E-state index in [0.717, 1.165) is 41.9 Å². The van der Waals surface area contributed by atoms with E-state index >= 15 is 0 Å². The summed E-state index contributed by atoms with van der Waals surface area (Å²) in [5, 5.41) is 9.17. The maximum atomic E-state index is 13.6. The lowest BCUT2D eigenvalue weighted by atomic mass is 10.1. The van der Waals surface area contributed by atoms with Gasteiger partial charge in [-0.25, -0.2) is 0 Å². The average Bonchev–Trinajstić information content (AvgIpc) is 3.88. The zero-order valence-electron chi connectivity index (χ0n) is 36.6. The van der Waals surface area contributed by atoms with E-state index in [9.17, 15) is 19.2 Å². The lowest BCUT2D eigenvalue weighted by molar-refractivity contribution is -0.143. The highest BCUT2D eigenvalue weighted by atomic mass is 79.9. The third-order valence-electron chi connectivity index (χ3n) is 12.0. The van der Waals surface area contributed by atoms with E-state index in [2.05, 4.69) is 62.3 Å². The van der Waals surface area contributed by atoms with Gasteiger partial charge in [-0.3, -0.25) is 29.0 Å². The molecule has 0 radical (unpaired) electrons. The highest BCUT2D eigenvalue weighted by Crippen LogP contribution is 2.29. The molecular formula is C50H50Br2Cl2N8O5. The third-order valence-corrected chi connectivity index (χ3v) is 13.5. The number of aromatic amines is 2. The Hall–Kier alpha value is -5.26. The number of carbonyl (C=O) groups excluding carboxylic acids is 4. The zero-order chi connectivity index (χ0) is 46.9. The number of rotatable bonds is 16. The first-order chi connectivity index (χ1) is 32.5. The van der Waals surface area contributed by atoms with E-state index < -0.39 is 0 Å². The van der Waals surface area contributed by atoms with Crippen molar-refractivity contribution in [2.24, 2.45) is 0 Å². The van der Waals surface area contributed by atoms with Gasteiger partial charge in [0.1, 0.15) is 13.2 Å². The molecule has 0 bridgehead atoms. The lowest BCUT2D eigenvalue weighted by Crippen LogP contribution is -2.52. The van der Waals surface area contributed by atoms with Gasteiger partial charge in [0.25, 0.3) is 11.8 Å². The number of piperazine rings is 2. The molecule has 2 fully saturated rings. The van der Waals surface area contributed by atoms with Gasteiger partial charge >= 0.3 is 0 Å². The van der Waals surface area contributed by atoms with Gasteiger partial charge in [0.2, 0.25) is 11.8 Å². The summed E-state index contributed by atoms with van der Waals surface area (Å²) in [5.41, 5.74) is 6.20. The second-order valence-electron chi connectivity index (χ2n) is 16.4. The van der Waals surface area contributed by atoms with Crippen LogP contribution in [0.25, 0.3) is 46.1 Å². The van der Waals surface area contributed by atoms with Gasteiger partial charge in [-0.2, -0.15) is 0 Å². The molecule has 348 valence electrons. The fourth-order valence-corrected chi connectivity index (χ4v) is 9.28. The van der Waals surface area contributed by atoms with Crippen LogP contribution in [-0.2, 0) is 14.3 Å². The number of aromatic nitrogens is 2. The first kappa shape index (κ1) is 48.2. The standard InChI is InChI=1S/C50H50Br2Cl2N8O5/c51-35-7-13-39-43(29-35)57-41(15-5-33-1-9-37(53)10-2-33)47(39)49(65)55-17-19-59-21-25-61(26-22-59)45(63)31-67-32-46(64)62-27-23-60(24-28-62)20-18-56-50(66)48-40-14-8-36(52)30-44(40)58-42(48)16-6-34-3-11-38(54)12-4-34/h1-16,29-30,57-58H,17-28,31-32H2,(H,55,65)(H,56,66)/b15-5+,16-6+. The largest absolute Gasteiger partial charge is 0.362 e. The molecule has 4 N–H and O–H groups in total. The molecule has 67 heavy (non-hydrogen) atoms. The molecule has 17 heteroatoms. The quantitative estimate of drug-likeness (QED) is 0.0764. The molecule has 0 aliphatic carbocycles. The smallest absolute Gasteiger partial charge is 0.254 e. The molecule has 4 amide bonds. The normalized spacial score (nSPS) is 15.0. The minimum atomic E-state index is -0.168. The first-order valence-corrected chi connectivity index (χ1v) is 24.5. The van der Waals surface area contributed by atoms with Gasteiger partial charge in [-0.05, 0) is 71.8 Å². The van der Waals surface area contributed by atoms with Crippen molar-refractivity contribution >= 4 is 125 Å². The second-order valence-corrected chi connectivity index (χ2v) is 19.1. The van der Waals surface area contributed by atoms with Crippen molar-refractivity contribution in [3.63, 3.8) is 0 Å². The van der Waals surface area contributed by atoms with Crippen molar-refractivity contribution in [3.05, 3.63) is 138 Å². The van der Waals surface area contributed by atoms with Crippen molar-refractivity contribution in [3.8, 4) is 0 Å². The van der Waals surface area contributed by atoms with Gasteiger partial charge in [-0.15, -0.1) is 0 Å². The van der Waals surface area contributed by atoms with Crippen molar-refractivity contribution < 1.29 is 23.9 Å². The zero-order valence-corrected chi connectivity index (χ0v) is 41.3. The van der Waals surface area contributed by atoms with Crippen LogP contribution in [0.15, 0.2) is 93.9 Å². The van der Waals surface area contributed by atoms with Crippen LogP contribution in [0.4, 0.5) is 0 Å². The van der Waals surface area contributed by atoms with E-state index in [1.165, 1.54) is 0 Å². The summed E-state index contributed by atoms with van der Waals surface area (Å²) in [4.78, 5) is 68.0. The van der Waals surface area contributed by atoms with Crippen LogP contribution >= 0.6 is 55.1 Å². The first-order valence-electron chi connectivity index (χ1n) is 22.1. The molecule has 2 aromatic heterocycles. The minimum Gasteiger partial charge on any atom is -0.362 e. The fraction of sp³-hybridized carbons (Fsp3) is 0.280. The summed E-state index contributed by atoms with van der Waals surface area (Å²) in [6.07, 6.45) is 7.69. The Labute approximate surface area is 415 Å². The van der Waals surface area contributed by atoms with Crippen molar-refractivity contribution in [1.29, 1.82) is 0 Å². The Morgan fingerprint density at radius 2 is 0.940 bits per heavy atom. The predicted octanol–water partition coefficient (Wildman–Crippen LogP) is 8.29. The monoisotopic (exact) mass is 1070 g/mol. The van der Waals surface area contributed by atoms with E-state index in [4.69, 9.17) is 27.9 Å². The summed E-state index contributed by atoms with van der Waals surface area (Å²) in [5.74, 6) is -0.636. The van der Waals surface area contributed by atoms with E-state index in [-0.39, 0.29) is 36.8 Å². The molecule has 4 aromatic carbocycles. The Bertz CT molecular complexity index is 2610. The van der Waals surface area contributed by atoms with Crippen LogP contribution in [-0.4, -0.2) is 145 Å². The van der Waals surface area contributed by atoms with E-state index in [1.807, 2.05) is 109 Å². The number of carbonyl (C=O) groups is 4. The highest BCUT2D eigenvalue weighted by molar-refractivity contribution is 9.10. The van der Waals surface area contributed by atoms with Gasteiger partial charge in [0.15, 0.2) is 0 Å². The van der Waals surface area contributed by atoms with E-state index in [0.29, 0.717) is 111 Å². The van der Waals surface area contributed by atoms with Crippen LogP contribution in [0.5, 0.6) is 0 Å². The number of ether oxygens (including phenoxy) is 1. The average molecular weight is 1070 g/mol. The van der Waals surface area contributed by atoms with Gasteiger partial charge in [0, 0.05) is 119 Å². The summed E-state index contributed by atoms with van der Waals surface area (Å²) >= 11 is 19.2. The summed E-state index contributed by atoms with van der Waals surface area (Å²) in [7, 11) is 0. The number of hydrogen-bond donors (Lipinski definition) is 4. The Kier molecular flexibility index (Phi) is 16.3. The molecular weight excluding hydrogens is 1020 g/mol. The third kappa shape index (κ3) is 12.6. The highest BCUT2D eigenvalue weighted by Gasteiger charge is 2.25. The molecule has 6 aromatic rings. The number of nitrogens with zero attached hydrogens (tertiary/aromatic N) is 4. The molecule has 0 spiro atoms. The lowest BCUT2D eigenvalue weighted by Gasteiger charge is -2.35. The maximum absolute atomic E-state index is 13.6. The number of fused-ring (bicyclic) bond motifs is 2. The number of amides is 4. The number of H-pyrrole nitrogens is 2. The number of nitrogens with one attached hydrogen (secondary N) is 4. The Balaban J connectivity index is 0.721. The minimum absolute atomic E-state index is 0.150. The molecule has 0 saturated carbocycles. The van der Waals surface area contributed by atoms with Crippen molar-refractivity contribution in [2.45, 2.75) is 0 Å². The van der Waals surface area contributed by atoms with Gasteiger partial charge < -0.3 is 35.1 Å². The summed E-state index contributed by atoms with van der Waals surface area (Å²) in [6, 6.07) is 26.6. The molecule has 2 aliphatic rings. The summed E-state index contributed by atoms with van der Waals surface area (Å²) < 4.78 is 7.45. The number of halogens is 4. The van der Waals surface area contributed by atoms with Crippen molar-refractivity contribution in [1.82, 2.24) is 40.2 Å². The fourth-order valence-electron chi connectivity index (χ4n) is 8.31. The van der Waals surface area contributed by atoms with Crippen LogP contribution in [0, 0.1) is 0 Å². The van der Waals surface area contributed by atoms with Crippen molar-refractivity contribution in [2.75, 3.05) is 91.8 Å². The second kappa shape index (κ2) is 22.7. The molecule has 13 nitrogen and oxygen atoms in total. The number of hydrogen-bond acceptors (Lipinski definition) is 7. The maximum Gasteiger partial charge on any atom is 0.254 e. The Morgan fingerprint density at radius 3 is 1.33 bits per heavy atom. The molecule has 4 heterocycles. The number of benzene rings is 4. The molecule has 2 aliphatic heterocycles. The molecule has 0 unspecified atom stereocenters. The van der Waals surface area contributed by atoms with Gasteiger partial charge in [0.05, 0.1) is 22.5 Å². The predicted molar refractivity (Wildman–Crippen MR) is 274 cm³/mol. The van der Waals surface area contributed by atoms with Crippen LogP contribution in [0.1, 0.15) is 43.2 Å². The van der Waals surface area contributed by atoms with Gasteiger partial charge in [-0.1, -0.05) is 104 Å². The molecule has 8 rings (SSSR count). The van der Waals surface area contributed by atoms with E-state index in [1.54, 1.807) is 9.80 Å². The van der Waals surface area contributed by atoms with Crippen LogP contribution in [0.2, 0.25) is 10.0 Å². The Morgan fingerprint density at radius 1 is 0.552 bits per heavy atom. The topological polar surface area (TPSA) is 146 Å².